The highest BCUT2D eigenvalue weighted by Crippen LogP contribution is 2.16. The van der Waals surface area contributed by atoms with Gasteiger partial charge in [0.15, 0.2) is 5.76 Å². The molecular formula is C16H18N2O4. The molecule has 0 aliphatic heterocycles. The predicted octanol–water partition coefficient (Wildman–Crippen LogP) is 2.12. The van der Waals surface area contributed by atoms with Gasteiger partial charge in [-0.2, -0.15) is 0 Å². The number of carbonyl (C=O) groups is 2. The molecule has 0 spiro atoms. The van der Waals surface area contributed by atoms with E-state index in [1.165, 1.54) is 13.0 Å². The maximum Gasteiger partial charge on any atom is 0.325 e. The minimum absolute atomic E-state index is 0.101. The third-order valence-electron chi connectivity index (χ3n) is 3.19. The maximum atomic E-state index is 11.8. The fourth-order valence-electron chi connectivity index (χ4n) is 1.92. The highest BCUT2D eigenvalue weighted by molar-refractivity contribution is 5.94. The average molecular weight is 302 g/mol. The molecule has 1 aromatic carbocycles. The van der Waals surface area contributed by atoms with Crippen molar-refractivity contribution >= 4 is 17.6 Å². The highest BCUT2D eigenvalue weighted by atomic mass is 16.4. The maximum absolute atomic E-state index is 11.8. The van der Waals surface area contributed by atoms with E-state index in [0.717, 1.165) is 5.69 Å². The molecule has 1 heterocycles. The normalized spacial score (nSPS) is 11.7. The van der Waals surface area contributed by atoms with Crippen LogP contribution in [0.25, 0.3) is 0 Å². The zero-order valence-electron chi connectivity index (χ0n) is 12.4. The number of benzene rings is 1. The summed E-state index contributed by atoms with van der Waals surface area (Å²) < 4.78 is 5.47. The van der Waals surface area contributed by atoms with Gasteiger partial charge in [0.2, 0.25) is 0 Å². The van der Waals surface area contributed by atoms with E-state index in [1.807, 2.05) is 42.3 Å². The van der Waals surface area contributed by atoms with Crippen LogP contribution in [0.15, 0.2) is 46.9 Å². The third-order valence-corrected chi connectivity index (χ3v) is 3.19. The van der Waals surface area contributed by atoms with Crippen LogP contribution in [0.4, 0.5) is 5.69 Å². The van der Waals surface area contributed by atoms with Gasteiger partial charge in [-0.1, -0.05) is 18.2 Å². The molecule has 1 amide bonds. The van der Waals surface area contributed by atoms with Crippen LogP contribution in [0.2, 0.25) is 0 Å². The molecule has 0 fully saturated rings. The summed E-state index contributed by atoms with van der Waals surface area (Å²) in [6.45, 7) is 1.90. The second-order valence-electron chi connectivity index (χ2n) is 4.99. The van der Waals surface area contributed by atoms with Gasteiger partial charge >= 0.3 is 5.97 Å². The molecule has 1 atom stereocenters. The first-order valence-electron chi connectivity index (χ1n) is 6.86. The van der Waals surface area contributed by atoms with E-state index in [4.69, 9.17) is 9.52 Å². The van der Waals surface area contributed by atoms with Gasteiger partial charge in [0.05, 0.1) is 6.54 Å². The number of nitrogens with one attached hydrogen (secondary N) is 1. The molecule has 0 saturated carbocycles. The molecule has 116 valence electrons. The summed E-state index contributed by atoms with van der Waals surface area (Å²) in [5.74, 6) is -0.906. The van der Waals surface area contributed by atoms with Crippen LogP contribution < -0.4 is 10.2 Å². The highest BCUT2D eigenvalue weighted by Gasteiger charge is 2.18. The SMILES string of the molecule is CC(NC(=O)c1ccc(CN(C)c2ccccc2)o1)C(=O)O. The molecule has 6 nitrogen and oxygen atoms in total. The lowest BCUT2D eigenvalue weighted by atomic mass is 10.3. The van der Waals surface area contributed by atoms with E-state index < -0.39 is 17.9 Å². The number of furan rings is 1. The lowest BCUT2D eigenvalue weighted by molar-refractivity contribution is -0.138. The topological polar surface area (TPSA) is 82.8 Å². The van der Waals surface area contributed by atoms with Crippen LogP contribution in [0.5, 0.6) is 0 Å². The Morgan fingerprint density at radius 1 is 1.23 bits per heavy atom. The molecule has 1 unspecified atom stereocenters. The van der Waals surface area contributed by atoms with Crippen LogP contribution in [-0.2, 0) is 11.3 Å². The Kier molecular flexibility index (Phi) is 4.83. The third kappa shape index (κ3) is 3.88. The fraction of sp³-hybridized carbons (Fsp3) is 0.250. The molecule has 6 heteroatoms. The van der Waals surface area contributed by atoms with E-state index in [0.29, 0.717) is 12.3 Å². The molecule has 0 bridgehead atoms. The van der Waals surface area contributed by atoms with Gasteiger partial charge in [-0.25, -0.2) is 0 Å². The van der Waals surface area contributed by atoms with Crippen molar-refractivity contribution in [1.82, 2.24) is 5.32 Å². The van der Waals surface area contributed by atoms with E-state index in [2.05, 4.69) is 5.32 Å². The van der Waals surface area contributed by atoms with Crippen molar-refractivity contribution in [3.8, 4) is 0 Å². The van der Waals surface area contributed by atoms with Gasteiger partial charge in [-0.05, 0) is 31.2 Å². The van der Waals surface area contributed by atoms with Crippen molar-refractivity contribution in [2.45, 2.75) is 19.5 Å². The Bertz CT molecular complexity index is 651. The minimum Gasteiger partial charge on any atom is -0.480 e. The molecule has 1 aromatic heterocycles. The number of aliphatic carboxylic acids is 1. The Balaban J connectivity index is 1.99. The van der Waals surface area contributed by atoms with Crippen molar-refractivity contribution in [3.63, 3.8) is 0 Å². The lowest BCUT2D eigenvalue weighted by Gasteiger charge is -2.17. The van der Waals surface area contributed by atoms with Crippen LogP contribution in [0.3, 0.4) is 0 Å². The summed E-state index contributed by atoms with van der Waals surface area (Å²) in [6.07, 6.45) is 0. The standard InChI is InChI=1S/C16H18N2O4/c1-11(16(20)21)17-15(19)14-9-8-13(22-14)10-18(2)12-6-4-3-5-7-12/h3-9,11H,10H2,1-2H3,(H,17,19)(H,20,21). The minimum atomic E-state index is -1.09. The van der Waals surface area contributed by atoms with Gasteiger partial charge in [0.1, 0.15) is 11.8 Å². The number of anilines is 1. The summed E-state index contributed by atoms with van der Waals surface area (Å²) in [7, 11) is 1.92. The number of hydrogen-bond donors (Lipinski definition) is 2. The number of rotatable bonds is 6. The molecule has 22 heavy (non-hydrogen) atoms. The number of amides is 1. The molecule has 0 aliphatic rings. The van der Waals surface area contributed by atoms with Crippen molar-refractivity contribution < 1.29 is 19.1 Å². The van der Waals surface area contributed by atoms with Crippen LogP contribution in [-0.4, -0.2) is 30.1 Å². The van der Waals surface area contributed by atoms with Crippen LogP contribution in [0, 0.1) is 0 Å². The van der Waals surface area contributed by atoms with E-state index in [-0.39, 0.29) is 5.76 Å². The zero-order valence-corrected chi connectivity index (χ0v) is 12.4. The van der Waals surface area contributed by atoms with Gasteiger partial charge in [-0.15, -0.1) is 0 Å². The predicted molar refractivity (Wildman–Crippen MR) is 81.8 cm³/mol. The number of para-hydroxylation sites is 1. The first-order valence-corrected chi connectivity index (χ1v) is 6.86. The van der Waals surface area contributed by atoms with E-state index in [9.17, 15) is 9.59 Å². The monoisotopic (exact) mass is 302 g/mol. The largest absolute Gasteiger partial charge is 0.480 e. The van der Waals surface area contributed by atoms with E-state index in [1.54, 1.807) is 6.07 Å². The number of nitrogens with zero attached hydrogens (tertiary/aromatic N) is 1. The first-order chi connectivity index (χ1) is 10.5. The summed E-state index contributed by atoms with van der Waals surface area (Å²) in [5.41, 5.74) is 1.03. The second-order valence-corrected chi connectivity index (χ2v) is 4.99. The first kappa shape index (κ1) is 15.6. The van der Waals surface area contributed by atoms with Crippen molar-refractivity contribution in [2.75, 3.05) is 11.9 Å². The van der Waals surface area contributed by atoms with Crippen molar-refractivity contribution in [3.05, 3.63) is 54.0 Å². The van der Waals surface area contributed by atoms with E-state index >= 15 is 0 Å². The van der Waals surface area contributed by atoms with Gasteiger partial charge in [-0.3, -0.25) is 9.59 Å². The number of hydrogen-bond acceptors (Lipinski definition) is 4. The van der Waals surface area contributed by atoms with Gasteiger partial charge in [0, 0.05) is 12.7 Å². The number of carbonyl (C=O) groups excluding carboxylic acids is 1. The van der Waals surface area contributed by atoms with Crippen LogP contribution >= 0.6 is 0 Å². The molecule has 2 aromatic rings. The summed E-state index contributed by atoms with van der Waals surface area (Å²) >= 11 is 0. The molecule has 0 radical (unpaired) electrons. The number of carboxylic acid groups (broad SMARTS) is 1. The zero-order chi connectivity index (χ0) is 16.1. The molecule has 0 aliphatic carbocycles. The second kappa shape index (κ2) is 6.80. The number of carboxylic acids is 1. The molecule has 2 rings (SSSR count). The summed E-state index contributed by atoms with van der Waals surface area (Å²) in [4.78, 5) is 24.6. The van der Waals surface area contributed by atoms with Crippen molar-refractivity contribution in [2.24, 2.45) is 0 Å². The Hall–Kier alpha value is -2.76. The quantitative estimate of drug-likeness (QED) is 0.854. The Morgan fingerprint density at radius 3 is 2.55 bits per heavy atom. The van der Waals surface area contributed by atoms with Crippen LogP contribution in [0.1, 0.15) is 23.2 Å². The fourth-order valence-corrected chi connectivity index (χ4v) is 1.92. The van der Waals surface area contributed by atoms with Gasteiger partial charge < -0.3 is 19.7 Å². The Labute approximate surface area is 128 Å². The summed E-state index contributed by atoms with van der Waals surface area (Å²) in [5, 5.41) is 11.1. The smallest absolute Gasteiger partial charge is 0.325 e. The van der Waals surface area contributed by atoms with Crippen molar-refractivity contribution in [1.29, 1.82) is 0 Å². The molecule has 2 N–H and O–H groups in total. The molecule has 0 saturated heterocycles. The van der Waals surface area contributed by atoms with Gasteiger partial charge in [0.25, 0.3) is 5.91 Å². The molecular weight excluding hydrogens is 284 g/mol. The Morgan fingerprint density at radius 2 is 1.91 bits per heavy atom. The lowest BCUT2D eigenvalue weighted by Crippen LogP contribution is -2.38. The average Bonchev–Trinajstić information content (AvgIpc) is 2.96. The summed E-state index contributed by atoms with van der Waals surface area (Å²) in [6, 6.07) is 12.1.